The minimum atomic E-state index is -0.532. The van der Waals surface area contributed by atoms with E-state index in [0.717, 1.165) is 0 Å². The van der Waals surface area contributed by atoms with Gasteiger partial charge in [0.25, 0.3) is 5.69 Å². The van der Waals surface area contributed by atoms with Crippen molar-refractivity contribution in [1.29, 1.82) is 0 Å². The highest BCUT2D eigenvalue weighted by Crippen LogP contribution is 2.22. The molecule has 6 heteroatoms. The van der Waals surface area contributed by atoms with E-state index in [-0.39, 0.29) is 24.1 Å². The summed E-state index contributed by atoms with van der Waals surface area (Å²) in [5.41, 5.74) is 6.13. The molecule has 0 spiro atoms. The standard InChI is InChI=1S/C8H10N2O3.H3N/c9-7-2-1-6(3-4-11)5-8(7)10(12)13;/h1-2,5,11H,3-4,9H2;1H3. The van der Waals surface area contributed by atoms with Crippen LogP contribution in [0.5, 0.6) is 0 Å². The third kappa shape index (κ3) is 2.68. The van der Waals surface area contributed by atoms with Crippen molar-refractivity contribution in [2.75, 3.05) is 12.3 Å². The SMILES string of the molecule is N.Nc1ccc(CCO)cc1[N+](=O)[O-]. The number of nitro benzene ring substituents is 1. The Kier molecular flexibility index (Phi) is 4.54. The molecule has 0 heterocycles. The molecule has 0 amide bonds. The van der Waals surface area contributed by atoms with Gasteiger partial charge in [-0.25, -0.2) is 0 Å². The zero-order valence-electron chi connectivity index (χ0n) is 7.64. The fraction of sp³-hybridized carbons (Fsp3) is 0.250. The first-order valence-electron chi connectivity index (χ1n) is 3.79. The van der Waals surface area contributed by atoms with Gasteiger partial charge in [0.2, 0.25) is 0 Å². The van der Waals surface area contributed by atoms with Crippen LogP contribution in [0.4, 0.5) is 11.4 Å². The summed E-state index contributed by atoms with van der Waals surface area (Å²) >= 11 is 0. The number of nitro groups is 1. The molecule has 0 aliphatic carbocycles. The Morgan fingerprint density at radius 2 is 2.14 bits per heavy atom. The van der Waals surface area contributed by atoms with E-state index in [0.29, 0.717) is 12.0 Å². The summed E-state index contributed by atoms with van der Waals surface area (Å²) in [6.45, 7) is -0.0267. The third-order valence-corrected chi connectivity index (χ3v) is 1.69. The van der Waals surface area contributed by atoms with Crippen molar-refractivity contribution in [1.82, 2.24) is 6.15 Å². The van der Waals surface area contributed by atoms with Gasteiger partial charge in [-0.05, 0) is 18.1 Å². The monoisotopic (exact) mass is 199 g/mol. The molecule has 14 heavy (non-hydrogen) atoms. The average Bonchev–Trinajstić information content (AvgIpc) is 2.08. The second-order valence-electron chi connectivity index (χ2n) is 2.62. The van der Waals surface area contributed by atoms with Crippen molar-refractivity contribution in [3.05, 3.63) is 33.9 Å². The summed E-state index contributed by atoms with van der Waals surface area (Å²) in [5, 5.41) is 19.1. The second kappa shape index (κ2) is 5.15. The summed E-state index contributed by atoms with van der Waals surface area (Å²) in [7, 11) is 0. The molecule has 1 aromatic carbocycles. The van der Waals surface area contributed by atoms with E-state index in [1.807, 2.05) is 0 Å². The Morgan fingerprint density at radius 1 is 1.50 bits per heavy atom. The smallest absolute Gasteiger partial charge is 0.292 e. The lowest BCUT2D eigenvalue weighted by molar-refractivity contribution is -0.384. The zero-order valence-corrected chi connectivity index (χ0v) is 7.64. The first kappa shape index (κ1) is 12.3. The Labute approximate surface area is 81.1 Å². The summed E-state index contributed by atoms with van der Waals surface area (Å²) in [6.07, 6.45) is 0.404. The molecule has 0 fully saturated rings. The van der Waals surface area contributed by atoms with Crippen LogP contribution in [0.15, 0.2) is 18.2 Å². The van der Waals surface area contributed by atoms with Crippen LogP contribution >= 0.6 is 0 Å². The lowest BCUT2D eigenvalue weighted by atomic mass is 10.1. The van der Waals surface area contributed by atoms with E-state index in [4.69, 9.17) is 10.8 Å². The predicted octanol–water partition coefficient (Wildman–Crippen LogP) is 0.874. The highest BCUT2D eigenvalue weighted by molar-refractivity contribution is 5.59. The van der Waals surface area contributed by atoms with Gasteiger partial charge >= 0.3 is 0 Å². The number of nitrogens with zero attached hydrogens (tertiary/aromatic N) is 1. The molecule has 0 aliphatic rings. The fourth-order valence-corrected chi connectivity index (χ4v) is 1.03. The largest absolute Gasteiger partial charge is 0.396 e. The molecule has 0 saturated heterocycles. The number of anilines is 1. The lowest BCUT2D eigenvalue weighted by Crippen LogP contribution is -1.98. The van der Waals surface area contributed by atoms with Crippen LogP contribution in [0.2, 0.25) is 0 Å². The van der Waals surface area contributed by atoms with Crippen molar-refractivity contribution >= 4 is 11.4 Å². The van der Waals surface area contributed by atoms with Gasteiger partial charge in [0, 0.05) is 12.7 Å². The molecule has 1 aromatic rings. The molecule has 0 bridgehead atoms. The van der Waals surface area contributed by atoms with Crippen LogP contribution in [0, 0.1) is 10.1 Å². The van der Waals surface area contributed by atoms with Gasteiger partial charge in [0.15, 0.2) is 0 Å². The van der Waals surface area contributed by atoms with Crippen LogP contribution in [0.3, 0.4) is 0 Å². The van der Waals surface area contributed by atoms with Gasteiger partial charge in [0.05, 0.1) is 4.92 Å². The number of hydrogen-bond acceptors (Lipinski definition) is 5. The van der Waals surface area contributed by atoms with E-state index in [1.54, 1.807) is 6.07 Å². The second-order valence-corrected chi connectivity index (χ2v) is 2.62. The minimum Gasteiger partial charge on any atom is -0.396 e. The van der Waals surface area contributed by atoms with Crippen LogP contribution in [-0.4, -0.2) is 16.6 Å². The topological polar surface area (TPSA) is 124 Å². The quantitative estimate of drug-likeness (QED) is 0.378. The summed E-state index contributed by atoms with van der Waals surface area (Å²) in [6, 6.07) is 4.52. The normalized spacial score (nSPS) is 9.21. The number of benzene rings is 1. The highest BCUT2D eigenvalue weighted by atomic mass is 16.6. The first-order valence-corrected chi connectivity index (χ1v) is 3.79. The number of aliphatic hydroxyl groups excluding tert-OH is 1. The van der Waals surface area contributed by atoms with Crippen molar-refractivity contribution in [3.8, 4) is 0 Å². The molecule has 0 aromatic heterocycles. The summed E-state index contributed by atoms with van der Waals surface area (Å²) < 4.78 is 0. The number of aliphatic hydroxyl groups is 1. The Bertz CT molecular complexity index is 328. The van der Waals surface area contributed by atoms with E-state index >= 15 is 0 Å². The summed E-state index contributed by atoms with van der Waals surface area (Å²) in [5.74, 6) is 0. The Hall–Kier alpha value is -1.66. The lowest BCUT2D eigenvalue weighted by Gasteiger charge is -2.00. The predicted molar refractivity (Wildman–Crippen MR) is 53.3 cm³/mol. The maximum absolute atomic E-state index is 10.4. The maximum atomic E-state index is 10.4. The van der Waals surface area contributed by atoms with Gasteiger partial charge in [0.1, 0.15) is 5.69 Å². The molecule has 6 N–H and O–H groups in total. The first-order chi connectivity index (χ1) is 6.15. The molecule has 0 saturated carbocycles. The molecular weight excluding hydrogens is 186 g/mol. The van der Waals surface area contributed by atoms with Gasteiger partial charge < -0.3 is 17.0 Å². The van der Waals surface area contributed by atoms with E-state index in [1.165, 1.54) is 12.1 Å². The van der Waals surface area contributed by atoms with Gasteiger partial charge in [-0.2, -0.15) is 0 Å². The zero-order chi connectivity index (χ0) is 9.84. The number of rotatable bonds is 3. The molecule has 78 valence electrons. The Balaban J connectivity index is 0.00000169. The van der Waals surface area contributed by atoms with Gasteiger partial charge in [-0.15, -0.1) is 0 Å². The minimum absolute atomic E-state index is 0. The molecule has 0 aliphatic heterocycles. The van der Waals surface area contributed by atoms with Crippen LogP contribution in [0.1, 0.15) is 5.56 Å². The molecule has 0 unspecified atom stereocenters. The van der Waals surface area contributed by atoms with Crippen molar-refractivity contribution in [3.63, 3.8) is 0 Å². The third-order valence-electron chi connectivity index (χ3n) is 1.69. The van der Waals surface area contributed by atoms with Crippen molar-refractivity contribution in [2.45, 2.75) is 6.42 Å². The molecule has 0 atom stereocenters. The number of nitrogens with two attached hydrogens (primary N) is 1. The van der Waals surface area contributed by atoms with Crippen LogP contribution < -0.4 is 11.9 Å². The van der Waals surface area contributed by atoms with Crippen molar-refractivity contribution < 1.29 is 10.0 Å². The fourth-order valence-electron chi connectivity index (χ4n) is 1.03. The molecule has 1 rings (SSSR count). The highest BCUT2D eigenvalue weighted by Gasteiger charge is 2.10. The van der Waals surface area contributed by atoms with E-state index in [2.05, 4.69) is 0 Å². The van der Waals surface area contributed by atoms with Gasteiger partial charge in [-0.1, -0.05) is 6.07 Å². The van der Waals surface area contributed by atoms with Crippen LogP contribution in [0.25, 0.3) is 0 Å². The van der Waals surface area contributed by atoms with Crippen molar-refractivity contribution in [2.24, 2.45) is 0 Å². The van der Waals surface area contributed by atoms with E-state index < -0.39 is 4.92 Å². The van der Waals surface area contributed by atoms with Crippen LogP contribution in [-0.2, 0) is 6.42 Å². The molecule has 6 nitrogen and oxygen atoms in total. The Morgan fingerprint density at radius 3 is 2.64 bits per heavy atom. The van der Waals surface area contributed by atoms with E-state index in [9.17, 15) is 10.1 Å². The molecule has 0 radical (unpaired) electrons. The summed E-state index contributed by atoms with van der Waals surface area (Å²) in [4.78, 5) is 9.91. The average molecular weight is 199 g/mol. The number of nitrogen functional groups attached to an aromatic ring is 1. The number of hydrogen-bond donors (Lipinski definition) is 3. The molecular formula is C8H13N3O3. The maximum Gasteiger partial charge on any atom is 0.292 e. The van der Waals surface area contributed by atoms with Gasteiger partial charge in [-0.3, -0.25) is 10.1 Å².